The van der Waals surface area contributed by atoms with Gasteiger partial charge in [0.1, 0.15) is 5.75 Å². The third kappa shape index (κ3) is 2.16. The van der Waals surface area contributed by atoms with Crippen LogP contribution in [0.5, 0.6) is 5.75 Å². The number of anilines is 1. The average molecular weight is 249 g/mol. The number of methoxy groups -OCH3 is 1. The van der Waals surface area contributed by atoms with Crippen molar-refractivity contribution in [3.05, 3.63) is 23.8 Å². The van der Waals surface area contributed by atoms with E-state index in [1.165, 1.54) is 18.1 Å². The molecule has 1 saturated heterocycles. The first-order valence-corrected chi connectivity index (χ1v) is 5.70. The van der Waals surface area contributed by atoms with Crippen molar-refractivity contribution >= 4 is 17.6 Å². The lowest BCUT2D eigenvalue weighted by atomic mass is 10.1. The van der Waals surface area contributed by atoms with E-state index in [2.05, 4.69) is 4.74 Å². The molecule has 5 nitrogen and oxygen atoms in total. The Morgan fingerprint density at radius 3 is 2.89 bits per heavy atom. The van der Waals surface area contributed by atoms with Crippen LogP contribution >= 0.6 is 0 Å². The van der Waals surface area contributed by atoms with Crippen molar-refractivity contribution < 1.29 is 19.4 Å². The molecule has 0 aliphatic carbocycles. The van der Waals surface area contributed by atoms with Crippen LogP contribution in [0.2, 0.25) is 0 Å². The van der Waals surface area contributed by atoms with E-state index in [-0.39, 0.29) is 24.0 Å². The molecule has 1 N–H and O–H groups in total. The maximum Gasteiger partial charge on any atom is 0.311 e. The van der Waals surface area contributed by atoms with E-state index in [4.69, 9.17) is 0 Å². The largest absolute Gasteiger partial charge is 0.508 e. The Balaban J connectivity index is 2.27. The fourth-order valence-corrected chi connectivity index (χ4v) is 2.15. The summed E-state index contributed by atoms with van der Waals surface area (Å²) < 4.78 is 4.65. The molecule has 18 heavy (non-hydrogen) atoms. The quantitative estimate of drug-likeness (QED) is 0.800. The molecule has 1 atom stereocenters. The van der Waals surface area contributed by atoms with Crippen LogP contribution in [0.15, 0.2) is 18.2 Å². The van der Waals surface area contributed by atoms with E-state index in [1.807, 2.05) is 6.92 Å². The zero-order valence-electron chi connectivity index (χ0n) is 10.3. The summed E-state index contributed by atoms with van der Waals surface area (Å²) in [4.78, 5) is 24.9. The smallest absolute Gasteiger partial charge is 0.311 e. The fraction of sp³-hybridized carbons (Fsp3) is 0.385. The van der Waals surface area contributed by atoms with Crippen molar-refractivity contribution in [3.8, 4) is 5.75 Å². The number of benzene rings is 1. The van der Waals surface area contributed by atoms with Gasteiger partial charge in [0.25, 0.3) is 0 Å². The van der Waals surface area contributed by atoms with Gasteiger partial charge in [-0.2, -0.15) is 0 Å². The second-order valence-corrected chi connectivity index (χ2v) is 4.40. The Labute approximate surface area is 105 Å². The van der Waals surface area contributed by atoms with Crippen molar-refractivity contribution in [2.45, 2.75) is 13.3 Å². The molecule has 1 aromatic rings. The normalized spacial score (nSPS) is 19.1. The summed E-state index contributed by atoms with van der Waals surface area (Å²) in [7, 11) is 1.31. The van der Waals surface area contributed by atoms with Gasteiger partial charge in [-0.05, 0) is 18.6 Å². The standard InChI is InChI=1S/C13H15NO4/c1-8-3-4-10(15)6-11(8)14-7-9(5-12(14)16)13(17)18-2/h3-4,6,9,15H,5,7H2,1-2H3. The molecule has 1 aliphatic heterocycles. The van der Waals surface area contributed by atoms with Crippen LogP contribution < -0.4 is 4.90 Å². The third-order valence-corrected chi connectivity index (χ3v) is 3.14. The Kier molecular flexibility index (Phi) is 3.23. The second-order valence-electron chi connectivity index (χ2n) is 4.40. The van der Waals surface area contributed by atoms with Crippen molar-refractivity contribution in [3.63, 3.8) is 0 Å². The minimum Gasteiger partial charge on any atom is -0.508 e. The van der Waals surface area contributed by atoms with Crippen LogP contribution in [0.3, 0.4) is 0 Å². The number of carbonyl (C=O) groups is 2. The first-order valence-electron chi connectivity index (χ1n) is 5.70. The lowest BCUT2D eigenvalue weighted by Gasteiger charge is -2.19. The Morgan fingerprint density at radius 1 is 1.50 bits per heavy atom. The highest BCUT2D eigenvalue weighted by Crippen LogP contribution is 2.30. The minimum absolute atomic E-state index is 0.102. The molecule has 0 spiro atoms. The van der Waals surface area contributed by atoms with E-state index in [0.29, 0.717) is 12.2 Å². The number of phenols is 1. The van der Waals surface area contributed by atoms with Crippen molar-refractivity contribution in [2.24, 2.45) is 5.92 Å². The van der Waals surface area contributed by atoms with Gasteiger partial charge in [-0.3, -0.25) is 9.59 Å². The monoisotopic (exact) mass is 249 g/mol. The van der Waals surface area contributed by atoms with Crippen LogP contribution in [0.25, 0.3) is 0 Å². The van der Waals surface area contributed by atoms with Crippen molar-refractivity contribution in [1.29, 1.82) is 0 Å². The van der Waals surface area contributed by atoms with Gasteiger partial charge in [-0.15, -0.1) is 0 Å². The predicted molar refractivity (Wildman–Crippen MR) is 65.3 cm³/mol. The molecule has 2 rings (SSSR count). The molecule has 1 aliphatic rings. The SMILES string of the molecule is COC(=O)C1CC(=O)N(c2cc(O)ccc2C)C1. The van der Waals surface area contributed by atoms with Gasteiger partial charge >= 0.3 is 5.97 Å². The number of nitrogens with zero attached hydrogens (tertiary/aromatic N) is 1. The Morgan fingerprint density at radius 2 is 2.22 bits per heavy atom. The summed E-state index contributed by atoms with van der Waals surface area (Å²) in [6.07, 6.45) is 0.155. The Hall–Kier alpha value is -2.04. The van der Waals surface area contributed by atoms with Crippen LogP contribution in [-0.4, -0.2) is 30.6 Å². The minimum atomic E-state index is -0.427. The molecule has 0 bridgehead atoms. The summed E-state index contributed by atoms with van der Waals surface area (Å²) in [5.74, 6) is -0.822. The summed E-state index contributed by atoms with van der Waals surface area (Å²) >= 11 is 0. The molecule has 0 radical (unpaired) electrons. The van der Waals surface area contributed by atoms with E-state index >= 15 is 0 Å². The van der Waals surface area contributed by atoms with Crippen molar-refractivity contribution in [1.82, 2.24) is 0 Å². The number of ether oxygens (including phenoxy) is 1. The number of rotatable bonds is 2. The molecular weight excluding hydrogens is 234 g/mol. The second kappa shape index (κ2) is 4.68. The van der Waals surface area contributed by atoms with Gasteiger partial charge in [-0.25, -0.2) is 0 Å². The first kappa shape index (κ1) is 12.4. The van der Waals surface area contributed by atoms with Gasteiger partial charge in [0, 0.05) is 19.0 Å². The summed E-state index contributed by atoms with van der Waals surface area (Å²) in [6, 6.07) is 4.84. The van der Waals surface area contributed by atoms with E-state index < -0.39 is 5.92 Å². The molecule has 0 aromatic heterocycles. The summed E-state index contributed by atoms with van der Waals surface area (Å²) in [5, 5.41) is 9.48. The number of aryl methyl sites for hydroxylation is 1. The van der Waals surface area contributed by atoms with Crippen LogP contribution in [-0.2, 0) is 14.3 Å². The molecule has 1 heterocycles. The molecule has 96 valence electrons. The highest BCUT2D eigenvalue weighted by atomic mass is 16.5. The number of carbonyl (C=O) groups excluding carboxylic acids is 2. The van der Waals surface area contributed by atoms with Gasteiger partial charge in [0.05, 0.1) is 18.7 Å². The lowest BCUT2D eigenvalue weighted by Crippen LogP contribution is -2.26. The number of amides is 1. The highest BCUT2D eigenvalue weighted by Gasteiger charge is 2.36. The van der Waals surface area contributed by atoms with E-state index in [1.54, 1.807) is 12.1 Å². The highest BCUT2D eigenvalue weighted by molar-refractivity contribution is 6.00. The van der Waals surface area contributed by atoms with E-state index in [9.17, 15) is 14.7 Å². The number of hydrogen-bond donors (Lipinski definition) is 1. The van der Waals surface area contributed by atoms with Gasteiger partial charge in [0.2, 0.25) is 5.91 Å². The molecule has 1 unspecified atom stereocenters. The zero-order valence-corrected chi connectivity index (χ0v) is 10.3. The topological polar surface area (TPSA) is 66.8 Å². The first-order chi connectivity index (χ1) is 8.52. The van der Waals surface area contributed by atoms with Crippen LogP contribution in [0.1, 0.15) is 12.0 Å². The molecule has 0 saturated carbocycles. The molecule has 5 heteroatoms. The molecule has 1 fully saturated rings. The van der Waals surface area contributed by atoms with Crippen LogP contribution in [0, 0.1) is 12.8 Å². The van der Waals surface area contributed by atoms with Gasteiger partial charge in [0.15, 0.2) is 0 Å². The summed E-state index contributed by atoms with van der Waals surface area (Å²) in [5.41, 5.74) is 1.53. The fourth-order valence-electron chi connectivity index (χ4n) is 2.15. The number of esters is 1. The van der Waals surface area contributed by atoms with Crippen molar-refractivity contribution in [2.75, 3.05) is 18.6 Å². The Bertz CT molecular complexity index is 498. The molecular formula is C13H15NO4. The maximum absolute atomic E-state index is 11.9. The summed E-state index contributed by atoms with van der Waals surface area (Å²) in [6.45, 7) is 2.16. The number of phenolic OH excluding ortho intramolecular Hbond substituents is 1. The number of hydrogen-bond acceptors (Lipinski definition) is 4. The average Bonchev–Trinajstić information content (AvgIpc) is 2.73. The lowest BCUT2D eigenvalue weighted by molar-refractivity contribution is -0.145. The maximum atomic E-state index is 11.9. The van der Waals surface area contributed by atoms with Gasteiger partial charge in [-0.1, -0.05) is 6.07 Å². The van der Waals surface area contributed by atoms with Crippen LogP contribution in [0.4, 0.5) is 5.69 Å². The number of aromatic hydroxyl groups is 1. The molecule has 1 aromatic carbocycles. The van der Waals surface area contributed by atoms with Gasteiger partial charge < -0.3 is 14.7 Å². The predicted octanol–water partition coefficient (Wildman–Crippen LogP) is 1.23. The third-order valence-electron chi connectivity index (χ3n) is 3.14. The zero-order chi connectivity index (χ0) is 13.3. The molecule has 1 amide bonds. The van der Waals surface area contributed by atoms with E-state index in [0.717, 1.165) is 5.56 Å².